The highest BCUT2D eigenvalue weighted by Crippen LogP contribution is 2.50. The highest BCUT2D eigenvalue weighted by atomic mass is 16.5. The summed E-state index contributed by atoms with van der Waals surface area (Å²) in [4.78, 5) is 0. The average molecular weight is 333 g/mol. The van der Waals surface area contributed by atoms with Crippen molar-refractivity contribution in [3.63, 3.8) is 0 Å². The number of hydrogen-bond donors (Lipinski definition) is 1. The molecule has 2 aliphatic rings. The Kier molecular flexibility index (Phi) is 4.29. The predicted octanol–water partition coefficient (Wildman–Crippen LogP) is 5.86. The van der Waals surface area contributed by atoms with Crippen molar-refractivity contribution in [3.8, 4) is 5.75 Å². The summed E-state index contributed by atoms with van der Waals surface area (Å²) in [6, 6.07) is 15.7. The number of allylic oxidation sites excluding steroid dienone is 2. The molecule has 0 spiro atoms. The molecule has 1 N–H and O–H groups in total. The van der Waals surface area contributed by atoms with Gasteiger partial charge in [0.15, 0.2) is 0 Å². The van der Waals surface area contributed by atoms with Crippen LogP contribution in [-0.4, -0.2) is 6.61 Å². The Morgan fingerprint density at radius 1 is 1.12 bits per heavy atom. The molecule has 0 saturated heterocycles. The van der Waals surface area contributed by atoms with Crippen LogP contribution in [0.3, 0.4) is 0 Å². The summed E-state index contributed by atoms with van der Waals surface area (Å²) in [5, 5.41) is 3.82. The van der Waals surface area contributed by atoms with Gasteiger partial charge < -0.3 is 10.1 Å². The van der Waals surface area contributed by atoms with Crippen molar-refractivity contribution < 1.29 is 4.74 Å². The maximum Gasteiger partial charge on any atom is 0.119 e. The van der Waals surface area contributed by atoms with E-state index in [-0.39, 0.29) is 0 Å². The van der Waals surface area contributed by atoms with E-state index in [2.05, 4.69) is 80.7 Å². The smallest absolute Gasteiger partial charge is 0.119 e. The lowest BCUT2D eigenvalue weighted by atomic mass is 9.76. The highest BCUT2D eigenvalue weighted by Gasteiger charge is 2.38. The highest BCUT2D eigenvalue weighted by molar-refractivity contribution is 5.62. The summed E-state index contributed by atoms with van der Waals surface area (Å²) in [5.41, 5.74) is 5.42. The van der Waals surface area contributed by atoms with Crippen molar-refractivity contribution >= 4 is 5.69 Å². The van der Waals surface area contributed by atoms with Crippen LogP contribution < -0.4 is 10.1 Å². The molecule has 25 heavy (non-hydrogen) atoms. The summed E-state index contributed by atoms with van der Waals surface area (Å²) < 4.78 is 5.96. The van der Waals surface area contributed by atoms with Crippen molar-refractivity contribution in [1.29, 1.82) is 0 Å². The van der Waals surface area contributed by atoms with Crippen LogP contribution in [0.25, 0.3) is 0 Å². The van der Waals surface area contributed by atoms with E-state index in [1.165, 1.54) is 22.4 Å². The second kappa shape index (κ2) is 6.59. The molecule has 2 heteroatoms. The van der Waals surface area contributed by atoms with Crippen molar-refractivity contribution in [2.45, 2.75) is 39.2 Å². The topological polar surface area (TPSA) is 21.3 Å². The number of fused-ring (bicyclic) bond motifs is 3. The fourth-order valence-corrected chi connectivity index (χ4v) is 4.17. The summed E-state index contributed by atoms with van der Waals surface area (Å²) in [6.07, 6.45) is 5.87. The molecule has 0 bridgehead atoms. The molecule has 2 aromatic rings. The predicted molar refractivity (Wildman–Crippen MR) is 104 cm³/mol. The Bertz CT molecular complexity index is 792. The summed E-state index contributed by atoms with van der Waals surface area (Å²) in [6.45, 7) is 7.35. The van der Waals surface area contributed by atoms with Gasteiger partial charge in [0, 0.05) is 11.6 Å². The molecule has 0 fully saturated rings. The Balaban J connectivity index is 1.68. The number of anilines is 1. The number of aryl methyl sites for hydroxylation is 1. The van der Waals surface area contributed by atoms with Gasteiger partial charge in [-0.2, -0.15) is 0 Å². The van der Waals surface area contributed by atoms with Crippen LogP contribution in [0, 0.1) is 18.8 Å². The van der Waals surface area contributed by atoms with Crippen molar-refractivity contribution in [2.24, 2.45) is 11.8 Å². The second-order valence-electron chi connectivity index (χ2n) is 7.79. The zero-order chi connectivity index (χ0) is 17.4. The minimum atomic E-state index is 0.371. The van der Waals surface area contributed by atoms with E-state index in [9.17, 15) is 0 Å². The Labute approximate surface area is 150 Å². The lowest BCUT2D eigenvalue weighted by molar-refractivity contribution is 0.270. The third kappa shape index (κ3) is 3.06. The first kappa shape index (κ1) is 16.3. The first-order valence-electron chi connectivity index (χ1n) is 9.39. The van der Waals surface area contributed by atoms with Gasteiger partial charge in [-0.15, -0.1) is 0 Å². The zero-order valence-corrected chi connectivity index (χ0v) is 15.3. The number of benzene rings is 2. The van der Waals surface area contributed by atoms with Gasteiger partial charge in [0.2, 0.25) is 0 Å². The minimum absolute atomic E-state index is 0.371. The van der Waals surface area contributed by atoms with Crippen molar-refractivity contribution in [2.75, 3.05) is 11.9 Å². The number of ether oxygens (including phenoxy) is 1. The standard InChI is InChI=1S/C23H27NO/c1-15(2)14-25-17-11-12-22-21(13-17)19-9-6-10-20(19)23(24-22)18-8-5-4-7-16(18)3/h4-9,11-13,15,19-20,23-24H,10,14H2,1-3H3. The maximum absolute atomic E-state index is 5.96. The molecule has 1 aliphatic carbocycles. The molecular formula is C23H27NO. The fraction of sp³-hybridized carbons (Fsp3) is 0.391. The van der Waals surface area contributed by atoms with E-state index >= 15 is 0 Å². The second-order valence-corrected chi connectivity index (χ2v) is 7.79. The molecule has 0 saturated carbocycles. The van der Waals surface area contributed by atoms with E-state index < -0.39 is 0 Å². The average Bonchev–Trinajstić information content (AvgIpc) is 3.10. The summed E-state index contributed by atoms with van der Waals surface area (Å²) >= 11 is 0. The normalized spacial score (nSPS) is 23.9. The third-order valence-corrected chi connectivity index (χ3v) is 5.44. The van der Waals surface area contributed by atoms with Crippen LogP contribution in [0.15, 0.2) is 54.6 Å². The monoisotopic (exact) mass is 333 g/mol. The molecule has 1 aliphatic heterocycles. The van der Waals surface area contributed by atoms with Gasteiger partial charge in [-0.3, -0.25) is 0 Å². The molecule has 3 atom stereocenters. The van der Waals surface area contributed by atoms with Crippen LogP contribution in [0.1, 0.15) is 48.9 Å². The first-order chi connectivity index (χ1) is 12.1. The molecule has 1 heterocycles. The van der Waals surface area contributed by atoms with Gasteiger partial charge in [0.25, 0.3) is 0 Å². The molecule has 0 amide bonds. The van der Waals surface area contributed by atoms with Crippen LogP contribution in [0.4, 0.5) is 5.69 Å². The quantitative estimate of drug-likeness (QED) is 0.708. The van der Waals surface area contributed by atoms with Gasteiger partial charge >= 0.3 is 0 Å². The largest absolute Gasteiger partial charge is 0.493 e. The van der Waals surface area contributed by atoms with Crippen molar-refractivity contribution in [3.05, 3.63) is 71.3 Å². The molecule has 0 radical (unpaired) electrons. The number of hydrogen-bond acceptors (Lipinski definition) is 2. The lowest BCUT2D eigenvalue weighted by Gasteiger charge is -2.38. The van der Waals surface area contributed by atoms with Gasteiger partial charge in [-0.05, 0) is 60.1 Å². The number of nitrogens with one attached hydrogen (secondary N) is 1. The van der Waals surface area contributed by atoms with E-state index in [4.69, 9.17) is 4.74 Å². The maximum atomic E-state index is 5.96. The molecular weight excluding hydrogens is 306 g/mol. The number of rotatable bonds is 4. The van der Waals surface area contributed by atoms with Crippen LogP contribution in [0.2, 0.25) is 0 Å². The van der Waals surface area contributed by atoms with Gasteiger partial charge in [0.05, 0.1) is 12.6 Å². The Morgan fingerprint density at radius 2 is 1.96 bits per heavy atom. The first-order valence-corrected chi connectivity index (χ1v) is 9.39. The van der Waals surface area contributed by atoms with Gasteiger partial charge in [0.1, 0.15) is 5.75 Å². The minimum Gasteiger partial charge on any atom is -0.493 e. The van der Waals surface area contributed by atoms with E-state index in [0.29, 0.717) is 23.8 Å². The third-order valence-electron chi connectivity index (χ3n) is 5.44. The Hall–Kier alpha value is -2.22. The summed E-state index contributed by atoms with van der Waals surface area (Å²) in [5.74, 6) is 2.58. The lowest BCUT2D eigenvalue weighted by Crippen LogP contribution is -2.29. The van der Waals surface area contributed by atoms with Crippen LogP contribution in [0.5, 0.6) is 5.75 Å². The van der Waals surface area contributed by atoms with E-state index in [0.717, 1.165) is 18.8 Å². The van der Waals surface area contributed by atoms with Gasteiger partial charge in [-0.25, -0.2) is 0 Å². The van der Waals surface area contributed by atoms with Crippen LogP contribution in [-0.2, 0) is 0 Å². The van der Waals surface area contributed by atoms with Crippen LogP contribution >= 0.6 is 0 Å². The SMILES string of the molecule is Cc1ccccc1C1Nc2ccc(OCC(C)C)cc2C2C=CCC21. The molecule has 0 aromatic heterocycles. The van der Waals surface area contributed by atoms with Gasteiger partial charge in [-0.1, -0.05) is 50.3 Å². The molecule has 2 aromatic carbocycles. The van der Waals surface area contributed by atoms with E-state index in [1.54, 1.807) is 0 Å². The molecule has 2 nitrogen and oxygen atoms in total. The molecule has 4 rings (SSSR count). The van der Waals surface area contributed by atoms with E-state index in [1.807, 2.05) is 0 Å². The Morgan fingerprint density at radius 3 is 2.76 bits per heavy atom. The molecule has 130 valence electrons. The van der Waals surface area contributed by atoms with Crippen molar-refractivity contribution in [1.82, 2.24) is 0 Å². The molecule has 3 unspecified atom stereocenters. The fourth-order valence-electron chi connectivity index (χ4n) is 4.17. The summed E-state index contributed by atoms with van der Waals surface area (Å²) in [7, 11) is 0. The zero-order valence-electron chi connectivity index (χ0n) is 15.3.